The lowest BCUT2D eigenvalue weighted by Gasteiger charge is -2.37. The van der Waals surface area contributed by atoms with Gasteiger partial charge >= 0.3 is 0 Å². The van der Waals surface area contributed by atoms with Crippen molar-refractivity contribution in [2.45, 2.75) is 44.6 Å². The van der Waals surface area contributed by atoms with Gasteiger partial charge in [0.25, 0.3) is 0 Å². The molecule has 2 N–H and O–H groups in total. The molecule has 2 aromatic rings. The summed E-state index contributed by atoms with van der Waals surface area (Å²) in [5, 5.41) is 14.4. The molecule has 0 amide bonds. The van der Waals surface area contributed by atoms with Crippen LogP contribution in [0.2, 0.25) is 0 Å². The zero-order valence-electron chi connectivity index (χ0n) is 14.6. The SMILES string of the molecule is Cc1ccc2c(c1OCc1ccccc1)CC[C@@H](NC1COC1)[C@@H]2O. The molecule has 1 heterocycles. The van der Waals surface area contributed by atoms with E-state index in [1.807, 2.05) is 18.2 Å². The van der Waals surface area contributed by atoms with Crippen LogP contribution in [0.1, 0.15) is 34.8 Å². The van der Waals surface area contributed by atoms with Gasteiger partial charge < -0.3 is 19.9 Å². The number of nitrogens with one attached hydrogen (secondary N) is 1. The molecule has 1 aliphatic heterocycles. The van der Waals surface area contributed by atoms with Crippen LogP contribution in [-0.2, 0) is 17.8 Å². The van der Waals surface area contributed by atoms with Crippen LogP contribution in [-0.4, -0.2) is 30.4 Å². The number of fused-ring (bicyclic) bond motifs is 1. The average Bonchev–Trinajstić information content (AvgIpc) is 2.59. The molecule has 1 saturated heterocycles. The monoisotopic (exact) mass is 339 g/mol. The molecule has 4 rings (SSSR count). The van der Waals surface area contributed by atoms with Gasteiger partial charge in [0.1, 0.15) is 12.4 Å². The Morgan fingerprint density at radius 3 is 2.68 bits per heavy atom. The van der Waals surface area contributed by atoms with E-state index in [4.69, 9.17) is 9.47 Å². The normalized spacial score (nSPS) is 23.0. The van der Waals surface area contributed by atoms with Gasteiger partial charge in [0.05, 0.1) is 25.4 Å². The fraction of sp³-hybridized carbons (Fsp3) is 0.429. The van der Waals surface area contributed by atoms with Crippen molar-refractivity contribution in [2.24, 2.45) is 0 Å². The molecule has 25 heavy (non-hydrogen) atoms. The summed E-state index contributed by atoms with van der Waals surface area (Å²) in [6.45, 7) is 4.11. The Kier molecular flexibility index (Phi) is 4.75. The lowest BCUT2D eigenvalue weighted by Crippen LogP contribution is -2.53. The van der Waals surface area contributed by atoms with Crippen molar-refractivity contribution in [3.05, 3.63) is 64.7 Å². The zero-order valence-corrected chi connectivity index (χ0v) is 14.6. The van der Waals surface area contributed by atoms with Crippen molar-refractivity contribution in [3.8, 4) is 5.75 Å². The summed E-state index contributed by atoms with van der Waals surface area (Å²) < 4.78 is 11.4. The van der Waals surface area contributed by atoms with Crippen LogP contribution >= 0.6 is 0 Å². The minimum atomic E-state index is -0.496. The summed E-state index contributed by atoms with van der Waals surface area (Å²) in [5.74, 6) is 0.936. The number of aliphatic hydroxyl groups is 1. The van der Waals surface area contributed by atoms with Crippen molar-refractivity contribution in [3.63, 3.8) is 0 Å². The van der Waals surface area contributed by atoms with Gasteiger partial charge in [-0.3, -0.25) is 0 Å². The van der Waals surface area contributed by atoms with Gasteiger partial charge in [0, 0.05) is 11.6 Å². The first-order valence-corrected chi connectivity index (χ1v) is 9.03. The topological polar surface area (TPSA) is 50.7 Å². The number of hydrogen-bond donors (Lipinski definition) is 2. The third kappa shape index (κ3) is 3.43. The molecular weight excluding hydrogens is 314 g/mol. The van der Waals surface area contributed by atoms with Gasteiger partial charge in [-0.1, -0.05) is 42.5 Å². The van der Waals surface area contributed by atoms with Gasteiger partial charge in [-0.05, 0) is 36.5 Å². The summed E-state index contributed by atoms with van der Waals surface area (Å²) in [7, 11) is 0. The molecule has 4 heteroatoms. The fourth-order valence-corrected chi connectivity index (χ4v) is 3.71. The van der Waals surface area contributed by atoms with Crippen LogP contribution in [0.4, 0.5) is 0 Å². The summed E-state index contributed by atoms with van der Waals surface area (Å²) in [6.07, 6.45) is 1.34. The molecule has 0 aromatic heterocycles. The molecule has 2 aromatic carbocycles. The van der Waals surface area contributed by atoms with E-state index >= 15 is 0 Å². The highest BCUT2D eigenvalue weighted by molar-refractivity contribution is 5.48. The second-order valence-corrected chi connectivity index (χ2v) is 7.04. The van der Waals surface area contributed by atoms with Crippen LogP contribution in [0.15, 0.2) is 42.5 Å². The summed E-state index contributed by atoms with van der Waals surface area (Å²) in [4.78, 5) is 0. The highest BCUT2D eigenvalue weighted by Crippen LogP contribution is 2.38. The van der Waals surface area contributed by atoms with E-state index < -0.39 is 6.10 Å². The predicted octanol–water partition coefficient (Wildman–Crippen LogP) is 2.91. The van der Waals surface area contributed by atoms with Crippen molar-refractivity contribution in [1.82, 2.24) is 5.32 Å². The summed E-state index contributed by atoms with van der Waals surface area (Å²) in [6, 6.07) is 14.8. The molecular formula is C21H25NO3. The van der Waals surface area contributed by atoms with E-state index in [1.165, 1.54) is 0 Å². The number of aliphatic hydroxyl groups excluding tert-OH is 1. The maximum absolute atomic E-state index is 10.8. The Balaban J connectivity index is 1.53. The van der Waals surface area contributed by atoms with Crippen molar-refractivity contribution >= 4 is 0 Å². The number of aryl methyl sites for hydroxylation is 1. The molecule has 2 atom stereocenters. The molecule has 2 aliphatic rings. The fourth-order valence-electron chi connectivity index (χ4n) is 3.71. The second-order valence-electron chi connectivity index (χ2n) is 7.04. The average molecular weight is 339 g/mol. The van der Waals surface area contributed by atoms with Gasteiger partial charge in [-0.25, -0.2) is 0 Å². The van der Waals surface area contributed by atoms with Crippen molar-refractivity contribution in [2.75, 3.05) is 13.2 Å². The molecule has 4 nitrogen and oxygen atoms in total. The van der Waals surface area contributed by atoms with Gasteiger partial charge in [0.2, 0.25) is 0 Å². The van der Waals surface area contributed by atoms with E-state index in [1.54, 1.807) is 0 Å². The predicted molar refractivity (Wildman–Crippen MR) is 96.8 cm³/mol. The number of rotatable bonds is 5. The maximum atomic E-state index is 10.8. The lowest BCUT2D eigenvalue weighted by atomic mass is 9.84. The smallest absolute Gasteiger partial charge is 0.126 e. The number of ether oxygens (including phenoxy) is 2. The summed E-state index contributed by atoms with van der Waals surface area (Å²) in [5.41, 5.74) is 4.44. The molecule has 0 spiro atoms. The Morgan fingerprint density at radius 1 is 1.16 bits per heavy atom. The van der Waals surface area contributed by atoms with Crippen LogP contribution < -0.4 is 10.1 Å². The zero-order chi connectivity index (χ0) is 17.2. The quantitative estimate of drug-likeness (QED) is 0.879. The molecule has 0 unspecified atom stereocenters. The van der Waals surface area contributed by atoms with E-state index in [-0.39, 0.29) is 6.04 Å². The highest BCUT2D eigenvalue weighted by atomic mass is 16.5. The molecule has 1 fully saturated rings. The van der Waals surface area contributed by atoms with Crippen LogP contribution in [0.25, 0.3) is 0 Å². The van der Waals surface area contributed by atoms with Crippen LogP contribution in [0.3, 0.4) is 0 Å². The Labute approximate surface area is 148 Å². The minimum absolute atomic E-state index is 0.0890. The second kappa shape index (κ2) is 7.16. The van der Waals surface area contributed by atoms with Crippen LogP contribution in [0, 0.1) is 6.92 Å². The van der Waals surface area contributed by atoms with Gasteiger partial charge in [-0.15, -0.1) is 0 Å². The third-order valence-corrected chi connectivity index (χ3v) is 5.21. The molecule has 0 radical (unpaired) electrons. The lowest BCUT2D eigenvalue weighted by molar-refractivity contribution is -0.0219. The standard InChI is InChI=1S/C21H25NO3/c1-14-7-8-17-18(21(14)25-11-15-5-3-2-4-6-15)9-10-19(20(17)23)22-16-12-24-13-16/h2-8,16,19-20,22-23H,9-13H2,1H3/t19-,20-/m1/s1. The minimum Gasteiger partial charge on any atom is -0.488 e. The first kappa shape index (κ1) is 16.6. The first-order valence-electron chi connectivity index (χ1n) is 9.03. The largest absolute Gasteiger partial charge is 0.488 e. The number of hydrogen-bond acceptors (Lipinski definition) is 4. The van der Waals surface area contributed by atoms with Gasteiger partial charge in [0.15, 0.2) is 0 Å². The van der Waals surface area contributed by atoms with Crippen LogP contribution in [0.5, 0.6) is 5.75 Å². The van der Waals surface area contributed by atoms with Gasteiger partial charge in [-0.2, -0.15) is 0 Å². The molecule has 0 bridgehead atoms. The Bertz CT molecular complexity index is 727. The summed E-state index contributed by atoms with van der Waals surface area (Å²) >= 11 is 0. The Morgan fingerprint density at radius 2 is 1.96 bits per heavy atom. The van der Waals surface area contributed by atoms with E-state index in [0.717, 1.165) is 54.1 Å². The third-order valence-electron chi connectivity index (χ3n) is 5.21. The van der Waals surface area contributed by atoms with Crippen molar-refractivity contribution in [1.29, 1.82) is 0 Å². The van der Waals surface area contributed by atoms with E-state index in [9.17, 15) is 5.11 Å². The number of benzene rings is 2. The van der Waals surface area contributed by atoms with Crippen molar-refractivity contribution < 1.29 is 14.6 Å². The molecule has 0 saturated carbocycles. The molecule has 1 aliphatic carbocycles. The Hall–Kier alpha value is -1.88. The maximum Gasteiger partial charge on any atom is 0.126 e. The first-order chi connectivity index (χ1) is 12.2. The highest BCUT2D eigenvalue weighted by Gasteiger charge is 2.33. The van der Waals surface area contributed by atoms with E-state index in [0.29, 0.717) is 12.6 Å². The molecule has 132 valence electrons. The van der Waals surface area contributed by atoms with E-state index in [2.05, 4.69) is 36.5 Å².